The zero-order chi connectivity index (χ0) is 9.84. The van der Waals surface area contributed by atoms with Crippen LogP contribution < -0.4 is 0 Å². The number of hydrogen-bond acceptors (Lipinski definition) is 1. The van der Waals surface area contributed by atoms with Crippen molar-refractivity contribution in [1.82, 2.24) is 0 Å². The Bertz CT molecular complexity index is 388. The third-order valence-corrected chi connectivity index (χ3v) is 1.66. The average Bonchev–Trinajstić information content (AvgIpc) is 2.10. The smallest absolute Gasteiger partial charge is 0.159 e. The molecule has 1 aromatic carbocycles. The summed E-state index contributed by atoms with van der Waals surface area (Å²) in [5.41, 5.74) is 1.13. The maximum absolute atomic E-state index is 12.7. The van der Waals surface area contributed by atoms with E-state index in [1.807, 2.05) is 6.07 Å². The summed E-state index contributed by atoms with van der Waals surface area (Å²) in [6.45, 7) is 1.66. The van der Waals surface area contributed by atoms with E-state index in [2.05, 4.69) is 0 Å². The van der Waals surface area contributed by atoms with Gasteiger partial charge < -0.3 is 0 Å². The Morgan fingerprint density at radius 3 is 2.62 bits per heavy atom. The van der Waals surface area contributed by atoms with Gasteiger partial charge in [-0.15, -0.1) is 0 Å². The van der Waals surface area contributed by atoms with Gasteiger partial charge in [0, 0.05) is 6.08 Å². The molecule has 0 saturated heterocycles. The lowest BCUT2D eigenvalue weighted by molar-refractivity contribution is 0.508. The number of nitrogens with zero attached hydrogens (tertiary/aromatic N) is 1. The molecule has 13 heavy (non-hydrogen) atoms. The van der Waals surface area contributed by atoms with Crippen LogP contribution in [0.25, 0.3) is 5.57 Å². The summed E-state index contributed by atoms with van der Waals surface area (Å²) in [6.07, 6.45) is 1.28. The van der Waals surface area contributed by atoms with Gasteiger partial charge in [-0.2, -0.15) is 5.26 Å². The van der Waals surface area contributed by atoms with Gasteiger partial charge in [0.15, 0.2) is 11.6 Å². The minimum atomic E-state index is -0.900. The standard InChI is InChI=1S/C10H7F2N/c1-7(4-5-13)8-2-3-9(11)10(12)6-8/h2-4,6H,1H3. The summed E-state index contributed by atoms with van der Waals surface area (Å²) in [4.78, 5) is 0. The van der Waals surface area contributed by atoms with Gasteiger partial charge in [-0.1, -0.05) is 6.07 Å². The van der Waals surface area contributed by atoms with Crippen LogP contribution in [0.3, 0.4) is 0 Å². The highest BCUT2D eigenvalue weighted by molar-refractivity contribution is 5.65. The summed E-state index contributed by atoms with van der Waals surface area (Å²) in [6, 6.07) is 5.36. The highest BCUT2D eigenvalue weighted by atomic mass is 19.2. The molecule has 1 aromatic rings. The Morgan fingerprint density at radius 1 is 1.38 bits per heavy atom. The maximum atomic E-state index is 12.7. The number of allylic oxidation sites excluding steroid dienone is 2. The summed E-state index contributed by atoms with van der Waals surface area (Å²) in [5.74, 6) is -1.78. The Balaban J connectivity index is 3.13. The van der Waals surface area contributed by atoms with Gasteiger partial charge >= 0.3 is 0 Å². The lowest BCUT2D eigenvalue weighted by Gasteiger charge is -1.99. The highest BCUT2D eigenvalue weighted by Gasteiger charge is 2.02. The third kappa shape index (κ3) is 2.12. The second-order valence-electron chi connectivity index (χ2n) is 2.59. The Kier molecular flexibility index (Phi) is 2.76. The monoisotopic (exact) mass is 179 g/mol. The van der Waals surface area contributed by atoms with Crippen molar-refractivity contribution >= 4 is 5.57 Å². The first kappa shape index (κ1) is 9.40. The lowest BCUT2D eigenvalue weighted by atomic mass is 10.1. The minimum absolute atomic E-state index is 0.514. The van der Waals surface area contributed by atoms with Gasteiger partial charge in [0.05, 0.1) is 6.07 Å². The largest absolute Gasteiger partial charge is 0.204 e. The minimum Gasteiger partial charge on any atom is -0.204 e. The van der Waals surface area contributed by atoms with E-state index in [0.717, 1.165) is 12.1 Å². The molecule has 3 heteroatoms. The molecule has 0 radical (unpaired) electrons. The van der Waals surface area contributed by atoms with Gasteiger partial charge in [0.25, 0.3) is 0 Å². The first-order chi connectivity index (χ1) is 6.15. The fourth-order valence-corrected chi connectivity index (χ4v) is 0.922. The molecule has 0 aliphatic heterocycles. The number of nitriles is 1. The Labute approximate surface area is 74.9 Å². The summed E-state index contributed by atoms with van der Waals surface area (Å²) in [7, 11) is 0. The Morgan fingerprint density at radius 2 is 2.08 bits per heavy atom. The van der Waals surface area contributed by atoms with Gasteiger partial charge in [0.2, 0.25) is 0 Å². The van der Waals surface area contributed by atoms with Crippen LogP contribution in [0.5, 0.6) is 0 Å². The molecule has 0 unspecified atom stereocenters. The van der Waals surface area contributed by atoms with E-state index in [0.29, 0.717) is 11.1 Å². The van der Waals surface area contributed by atoms with Crippen molar-refractivity contribution in [2.75, 3.05) is 0 Å². The molecule has 0 spiro atoms. The normalized spacial score (nSPS) is 11.1. The molecule has 0 bridgehead atoms. The summed E-state index contributed by atoms with van der Waals surface area (Å²) < 4.78 is 25.2. The van der Waals surface area contributed by atoms with Crippen molar-refractivity contribution in [3.05, 3.63) is 41.5 Å². The maximum Gasteiger partial charge on any atom is 0.159 e. The lowest BCUT2D eigenvalue weighted by Crippen LogP contribution is -1.86. The van der Waals surface area contributed by atoms with E-state index in [1.165, 1.54) is 12.1 Å². The third-order valence-electron chi connectivity index (χ3n) is 1.66. The van der Waals surface area contributed by atoms with Crippen molar-refractivity contribution in [3.63, 3.8) is 0 Å². The summed E-state index contributed by atoms with van der Waals surface area (Å²) >= 11 is 0. The molecule has 0 saturated carbocycles. The summed E-state index contributed by atoms with van der Waals surface area (Å²) in [5, 5.41) is 8.33. The Hall–Kier alpha value is -1.69. The zero-order valence-electron chi connectivity index (χ0n) is 7.01. The van der Waals surface area contributed by atoms with E-state index in [-0.39, 0.29) is 0 Å². The molecule has 0 aliphatic carbocycles. The predicted molar refractivity (Wildman–Crippen MR) is 45.6 cm³/mol. The molecular weight excluding hydrogens is 172 g/mol. The van der Waals surface area contributed by atoms with Crippen LogP contribution in [0.1, 0.15) is 12.5 Å². The predicted octanol–water partition coefficient (Wildman–Crippen LogP) is 2.89. The first-order valence-corrected chi connectivity index (χ1v) is 3.67. The van der Waals surface area contributed by atoms with Crippen molar-refractivity contribution in [2.45, 2.75) is 6.92 Å². The van der Waals surface area contributed by atoms with Gasteiger partial charge in [-0.25, -0.2) is 8.78 Å². The molecule has 0 fully saturated rings. The number of hydrogen-bond donors (Lipinski definition) is 0. The molecule has 0 atom stereocenters. The molecule has 66 valence electrons. The van der Waals surface area contributed by atoms with Crippen LogP contribution in [-0.2, 0) is 0 Å². The molecule has 0 heterocycles. The zero-order valence-corrected chi connectivity index (χ0v) is 7.01. The van der Waals surface area contributed by atoms with E-state index in [4.69, 9.17) is 5.26 Å². The van der Waals surface area contributed by atoms with Gasteiger partial charge in [-0.05, 0) is 30.2 Å². The van der Waals surface area contributed by atoms with Crippen LogP contribution >= 0.6 is 0 Å². The van der Waals surface area contributed by atoms with Crippen LogP contribution in [0.2, 0.25) is 0 Å². The highest BCUT2D eigenvalue weighted by Crippen LogP contribution is 2.16. The molecule has 0 aliphatic rings. The molecule has 0 N–H and O–H groups in total. The van der Waals surface area contributed by atoms with Crippen molar-refractivity contribution in [3.8, 4) is 6.07 Å². The number of benzene rings is 1. The molecule has 0 amide bonds. The molecule has 0 aromatic heterocycles. The van der Waals surface area contributed by atoms with Crippen LogP contribution in [0, 0.1) is 23.0 Å². The number of rotatable bonds is 1. The molecule has 1 nitrogen and oxygen atoms in total. The van der Waals surface area contributed by atoms with Crippen molar-refractivity contribution in [1.29, 1.82) is 5.26 Å². The van der Waals surface area contributed by atoms with E-state index in [9.17, 15) is 8.78 Å². The fraction of sp³-hybridized carbons (Fsp3) is 0.100. The van der Waals surface area contributed by atoms with Crippen molar-refractivity contribution in [2.24, 2.45) is 0 Å². The van der Waals surface area contributed by atoms with Gasteiger partial charge in [0.1, 0.15) is 0 Å². The SMILES string of the molecule is CC(=CC#N)c1ccc(F)c(F)c1. The molecular formula is C10H7F2N. The van der Waals surface area contributed by atoms with Gasteiger partial charge in [-0.3, -0.25) is 0 Å². The average molecular weight is 179 g/mol. The van der Waals surface area contributed by atoms with Crippen molar-refractivity contribution < 1.29 is 8.78 Å². The van der Waals surface area contributed by atoms with E-state index >= 15 is 0 Å². The van der Waals surface area contributed by atoms with Crippen LogP contribution in [0.4, 0.5) is 8.78 Å². The molecule has 1 rings (SSSR count). The quantitative estimate of drug-likeness (QED) is 0.608. The van der Waals surface area contributed by atoms with Crippen LogP contribution in [-0.4, -0.2) is 0 Å². The van der Waals surface area contributed by atoms with E-state index < -0.39 is 11.6 Å². The van der Waals surface area contributed by atoms with E-state index in [1.54, 1.807) is 6.92 Å². The number of halogens is 2. The van der Waals surface area contributed by atoms with Crippen LogP contribution in [0.15, 0.2) is 24.3 Å². The topological polar surface area (TPSA) is 23.8 Å². The second kappa shape index (κ2) is 3.81. The first-order valence-electron chi connectivity index (χ1n) is 3.67. The fourth-order valence-electron chi connectivity index (χ4n) is 0.922. The second-order valence-corrected chi connectivity index (χ2v) is 2.59.